The second-order valence-electron chi connectivity index (χ2n) is 6.91. The number of hydrogen-bond donors (Lipinski definition) is 2. The lowest BCUT2D eigenvalue weighted by atomic mass is 9.84. The summed E-state index contributed by atoms with van der Waals surface area (Å²) in [6.07, 6.45) is 4.57. The first-order valence-electron chi connectivity index (χ1n) is 9.70. The van der Waals surface area contributed by atoms with Gasteiger partial charge in [-0.2, -0.15) is 0 Å². The minimum atomic E-state index is -0.728. The molecule has 136 valence electrons. The lowest BCUT2D eigenvalue weighted by Gasteiger charge is -2.27. The van der Waals surface area contributed by atoms with Crippen molar-refractivity contribution in [2.45, 2.75) is 71.9 Å². The van der Waals surface area contributed by atoms with Crippen molar-refractivity contribution >= 4 is 0 Å². The van der Waals surface area contributed by atoms with Gasteiger partial charge in [0.25, 0.3) is 0 Å². The van der Waals surface area contributed by atoms with Gasteiger partial charge in [-0.3, -0.25) is 0 Å². The van der Waals surface area contributed by atoms with Gasteiger partial charge in [-0.15, -0.1) is 0 Å². The van der Waals surface area contributed by atoms with E-state index in [1.165, 1.54) is 22.3 Å². The molecule has 2 aromatic rings. The van der Waals surface area contributed by atoms with Gasteiger partial charge in [-0.05, 0) is 65.1 Å². The van der Waals surface area contributed by atoms with Crippen molar-refractivity contribution in [1.82, 2.24) is 0 Å². The molecule has 25 heavy (non-hydrogen) atoms. The Balaban J connectivity index is 2.62. The van der Waals surface area contributed by atoms with E-state index in [1.54, 1.807) is 0 Å². The van der Waals surface area contributed by atoms with Crippen LogP contribution in [0.3, 0.4) is 0 Å². The Morgan fingerprint density at radius 1 is 0.880 bits per heavy atom. The molecule has 0 fully saturated rings. The van der Waals surface area contributed by atoms with Crippen LogP contribution in [0.2, 0.25) is 0 Å². The third kappa shape index (κ3) is 4.13. The van der Waals surface area contributed by atoms with Crippen LogP contribution >= 0.6 is 0 Å². The molecule has 2 heteroatoms. The molecule has 2 rings (SSSR count). The fourth-order valence-corrected chi connectivity index (χ4v) is 3.59. The lowest BCUT2D eigenvalue weighted by molar-refractivity contribution is 0.0283. The minimum Gasteiger partial charge on any atom is -0.385 e. The van der Waals surface area contributed by atoms with Crippen LogP contribution in [0.4, 0.5) is 0 Å². The Morgan fingerprint density at radius 3 is 2.16 bits per heavy atom. The third-order valence-electron chi connectivity index (χ3n) is 5.41. The zero-order valence-electron chi connectivity index (χ0n) is 16.2. The highest BCUT2D eigenvalue weighted by molar-refractivity contribution is 5.72. The number of aliphatic hydroxyl groups is 1. The SMILES string of the molecule is CCCc1cc(C(O)(CC)CC)ccc1-c1cc(CN)ccc1CC. The number of aryl methyl sites for hydroxylation is 2. The maximum absolute atomic E-state index is 10.9. The average molecular weight is 340 g/mol. The summed E-state index contributed by atoms with van der Waals surface area (Å²) in [6.45, 7) is 9.07. The van der Waals surface area contributed by atoms with Crippen molar-refractivity contribution in [2.24, 2.45) is 5.73 Å². The van der Waals surface area contributed by atoms with Crippen LogP contribution in [-0.2, 0) is 25.0 Å². The normalized spacial score (nSPS) is 11.8. The predicted molar refractivity (Wildman–Crippen MR) is 108 cm³/mol. The highest BCUT2D eigenvalue weighted by Crippen LogP contribution is 2.35. The van der Waals surface area contributed by atoms with Crippen LogP contribution in [-0.4, -0.2) is 5.11 Å². The van der Waals surface area contributed by atoms with E-state index in [0.717, 1.165) is 43.2 Å². The molecule has 2 nitrogen and oxygen atoms in total. The summed E-state index contributed by atoms with van der Waals surface area (Å²) in [4.78, 5) is 0. The minimum absolute atomic E-state index is 0.559. The van der Waals surface area contributed by atoms with E-state index in [0.29, 0.717) is 6.54 Å². The molecule has 3 N–H and O–H groups in total. The van der Waals surface area contributed by atoms with Crippen molar-refractivity contribution in [2.75, 3.05) is 0 Å². The van der Waals surface area contributed by atoms with Crippen LogP contribution in [0.25, 0.3) is 11.1 Å². The second-order valence-corrected chi connectivity index (χ2v) is 6.91. The Hall–Kier alpha value is -1.64. The quantitative estimate of drug-likeness (QED) is 0.682. The molecule has 0 radical (unpaired) electrons. The van der Waals surface area contributed by atoms with Crippen molar-refractivity contribution in [1.29, 1.82) is 0 Å². The number of benzene rings is 2. The predicted octanol–water partition coefficient (Wildman–Crippen LogP) is 5.33. The van der Waals surface area contributed by atoms with Crippen LogP contribution in [0, 0.1) is 0 Å². The summed E-state index contributed by atoms with van der Waals surface area (Å²) >= 11 is 0. The summed E-state index contributed by atoms with van der Waals surface area (Å²) in [5.74, 6) is 0. The maximum Gasteiger partial charge on any atom is 0.0891 e. The van der Waals surface area contributed by atoms with Crippen molar-refractivity contribution in [3.05, 3.63) is 58.7 Å². The molecule has 0 saturated heterocycles. The first-order valence-corrected chi connectivity index (χ1v) is 9.70. The lowest BCUT2D eigenvalue weighted by Crippen LogP contribution is -2.23. The van der Waals surface area contributed by atoms with Crippen molar-refractivity contribution in [3.63, 3.8) is 0 Å². The number of nitrogens with two attached hydrogens (primary N) is 1. The molecular formula is C23H33NO. The molecule has 0 aromatic heterocycles. The van der Waals surface area contributed by atoms with Crippen LogP contribution in [0.1, 0.15) is 69.2 Å². The van der Waals surface area contributed by atoms with E-state index in [4.69, 9.17) is 5.73 Å². The van der Waals surface area contributed by atoms with E-state index in [2.05, 4.69) is 64.1 Å². The Labute approximate surface area is 153 Å². The first-order chi connectivity index (χ1) is 12.0. The summed E-state index contributed by atoms with van der Waals surface area (Å²) < 4.78 is 0. The monoisotopic (exact) mass is 339 g/mol. The second kappa shape index (κ2) is 8.64. The largest absolute Gasteiger partial charge is 0.385 e. The average Bonchev–Trinajstić information content (AvgIpc) is 2.67. The van der Waals surface area contributed by atoms with Gasteiger partial charge < -0.3 is 10.8 Å². The summed E-state index contributed by atoms with van der Waals surface area (Å²) in [7, 11) is 0. The molecule has 2 aromatic carbocycles. The molecule has 0 bridgehead atoms. The Morgan fingerprint density at radius 2 is 1.60 bits per heavy atom. The van der Waals surface area contributed by atoms with Gasteiger partial charge in [0.05, 0.1) is 5.60 Å². The zero-order chi connectivity index (χ0) is 18.4. The van der Waals surface area contributed by atoms with Crippen LogP contribution in [0.5, 0.6) is 0 Å². The fourth-order valence-electron chi connectivity index (χ4n) is 3.59. The first kappa shape index (κ1) is 19.7. The molecule has 0 atom stereocenters. The molecule has 0 spiro atoms. The molecule has 0 aliphatic carbocycles. The van der Waals surface area contributed by atoms with Gasteiger partial charge in [0.15, 0.2) is 0 Å². The fraction of sp³-hybridized carbons (Fsp3) is 0.478. The number of hydrogen-bond acceptors (Lipinski definition) is 2. The number of rotatable bonds is 8. The van der Waals surface area contributed by atoms with Crippen LogP contribution < -0.4 is 5.73 Å². The molecule has 0 aliphatic heterocycles. The Bertz CT molecular complexity index is 701. The molecular weight excluding hydrogens is 306 g/mol. The van der Waals surface area contributed by atoms with Crippen molar-refractivity contribution in [3.8, 4) is 11.1 Å². The van der Waals surface area contributed by atoms with Gasteiger partial charge in [0, 0.05) is 6.54 Å². The van der Waals surface area contributed by atoms with Gasteiger partial charge in [0.2, 0.25) is 0 Å². The topological polar surface area (TPSA) is 46.2 Å². The van der Waals surface area contributed by atoms with Gasteiger partial charge in [-0.25, -0.2) is 0 Å². The van der Waals surface area contributed by atoms with Crippen molar-refractivity contribution < 1.29 is 5.11 Å². The molecule has 0 amide bonds. The van der Waals surface area contributed by atoms with E-state index >= 15 is 0 Å². The van der Waals surface area contributed by atoms with E-state index in [-0.39, 0.29) is 0 Å². The van der Waals surface area contributed by atoms with E-state index in [1.807, 2.05) is 0 Å². The molecule has 0 unspecified atom stereocenters. The van der Waals surface area contributed by atoms with Gasteiger partial charge >= 0.3 is 0 Å². The van der Waals surface area contributed by atoms with Gasteiger partial charge in [0.1, 0.15) is 0 Å². The Kier molecular flexibility index (Phi) is 6.80. The summed E-state index contributed by atoms with van der Waals surface area (Å²) in [5.41, 5.74) is 12.6. The standard InChI is InChI=1S/C23H33NO/c1-5-9-19-15-20(23(25,7-3)8-4)12-13-21(19)22-14-17(16-24)10-11-18(22)6-2/h10-15,25H,5-9,16,24H2,1-4H3. The van der Waals surface area contributed by atoms with Crippen LogP contribution in [0.15, 0.2) is 36.4 Å². The highest BCUT2D eigenvalue weighted by atomic mass is 16.3. The van der Waals surface area contributed by atoms with E-state index in [9.17, 15) is 5.11 Å². The smallest absolute Gasteiger partial charge is 0.0891 e. The molecule has 0 aliphatic rings. The molecule has 0 heterocycles. The summed E-state index contributed by atoms with van der Waals surface area (Å²) in [6, 6.07) is 13.1. The summed E-state index contributed by atoms with van der Waals surface area (Å²) in [5, 5.41) is 10.9. The zero-order valence-corrected chi connectivity index (χ0v) is 16.2. The highest BCUT2D eigenvalue weighted by Gasteiger charge is 2.25. The van der Waals surface area contributed by atoms with Gasteiger partial charge in [-0.1, -0.05) is 64.4 Å². The maximum atomic E-state index is 10.9. The molecule has 0 saturated carbocycles. The van der Waals surface area contributed by atoms with E-state index < -0.39 is 5.60 Å². The third-order valence-corrected chi connectivity index (χ3v) is 5.41.